The number of hydrogen-bond acceptors (Lipinski definition) is 17. The van der Waals surface area contributed by atoms with Crippen molar-refractivity contribution in [1.82, 2.24) is 62.8 Å². The van der Waals surface area contributed by atoms with E-state index in [1.807, 2.05) is 0 Å². The van der Waals surface area contributed by atoms with Gasteiger partial charge >= 0.3 is 11.9 Å². The number of carboxylic acid groups (broad SMARTS) is 2. The number of aromatic nitrogens is 3. The van der Waals surface area contributed by atoms with Gasteiger partial charge in [-0.3, -0.25) is 52.7 Å². The number of nitrogens with zero attached hydrogens (tertiary/aromatic N) is 1. The van der Waals surface area contributed by atoms with Crippen molar-refractivity contribution in [2.24, 2.45) is 17.4 Å². The third-order valence-electron chi connectivity index (χ3n) is 15.4. The number of primary amides is 1. The number of fused-ring (bicyclic) bond motifs is 1. The molecule has 2 heterocycles. The Morgan fingerprint density at radius 2 is 0.937 bits per heavy atom. The zero-order valence-electron chi connectivity index (χ0n) is 52.0. The number of carboxylic acids is 2. The van der Waals surface area contributed by atoms with Gasteiger partial charge in [-0.05, 0) is 65.4 Å². The average molecular weight is 1320 g/mol. The molecule has 6 rings (SSSR count). The number of para-hydroxylation sites is 1. The fourth-order valence-electron chi connectivity index (χ4n) is 10.0. The largest absolute Gasteiger partial charge is 0.508 e. The summed E-state index contributed by atoms with van der Waals surface area (Å²) in [7, 11) is 0. The maximum absolute atomic E-state index is 14.9. The van der Waals surface area contributed by atoms with Gasteiger partial charge in [0.2, 0.25) is 59.1 Å². The number of imidazole rings is 1. The quantitative estimate of drug-likeness (QED) is 0.0202. The van der Waals surface area contributed by atoms with Crippen LogP contribution in [0.5, 0.6) is 11.5 Å². The maximum atomic E-state index is 14.9. The Morgan fingerprint density at radius 3 is 1.43 bits per heavy atom. The van der Waals surface area contributed by atoms with Crippen molar-refractivity contribution in [3.05, 3.63) is 150 Å². The average Bonchev–Trinajstić information content (AvgIpc) is 1.75. The van der Waals surface area contributed by atoms with Crippen molar-refractivity contribution >= 4 is 81.9 Å². The number of phenols is 2. The van der Waals surface area contributed by atoms with Crippen LogP contribution in [0.15, 0.2) is 122 Å². The third kappa shape index (κ3) is 22.3. The van der Waals surface area contributed by atoms with Gasteiger partial charge in [-0.2, -0.15) is 0 Å². The number of carbonyl (C=O) groups is 12. The van der Waals surface area contributed by atoms with Crippen molar-refractivity contribution in [3.63, 3.8) is 0 Å². The topological polar surface area (TPSA) is 511 Å². The van der Waals surface area contributed by atoms with Gasteiger partial charge in [0.05, 0.1) is 31.8 Å². The second kappa shape index (κ2) is 35.0. The van der Waals surface area contributed by atoms with Crippen LogP contribution in [0, 0.1) is 5.92 Å². The predicted molar refractivity (Wildman–Crippen MR) is 339 cm³/mol. The molecule has 0 unspecified atom stereocenters. The zero-order valence-corrected chi connectivity index (χ0v) is 52.0. The van der Waals surface area contributed by atoms with E-state index in [0.717, 1.165) is 6.92 Å². The molecule has 6 aromatic rings. The van der Waals surface area contributed by atoms with Crippen LogP contribution in [-0.4, -0.2) is 179 Å². The van der Waals surface area contributed by atoms with E-state index in [1.165, 1.54) is 61.1 Å². The Morgan fingerprint density at radius 1 is 0.495 bits per heavy atom. The molecule has 0 saturated carbocycles. The smallest absolute Gasteiger partial charge is 0.326 e. The molecule has 31 nitrogen and oxygen atoms in total. The molecule has 0 aliphatic rings. The summed E-state index contributed by atoms with van der Waals surface area (Å²) in [4.78, 5) is 175. The molecule has 0 aliphatic carbocycles. The van der Waals surface area contributed by atoms with Gasteiger partial charge < -0.3 is 94.8 Å². The minimum absolute atomic E-state index is 0.0944. The van der Waals surface area contributed by atoms with E-state index >= 15 is 0 Å². The molecular formula is C64H78N14O17. The number of carbonyl (C=O) groups excluding carboxylic acids is 10. The minimum atomic E-state index is -2.10. The van der Waals surface area contributed by atoms with Gasteiger partial charge in [0.1, 0.15) is 65.9 Å². The molecule has 20 N–H and O–H groups in total. The summed E-state index contributed by atoms with van der Waals surface area (Å²) in [6.45, 7) is 3.90. The van der Waals surface area contributed by atoms with E-state index < -0.39 is 163 Å². The van der Waals surface area contributed by atoms with Gasteiger partial charge in [-0.25, -0.2) is 9.78 Å². The lowest BCUT2D eigenvalue weighted by atomic mass is 9.96. The number of nitrogens with one attached hydrogen (secondary N) is 11. The maximum Gasteiger partial charge on any atom is 0.326 e. The highest BCUT2D eigenvalue weighted by Gasteiger charge is 2.38. The highest BCUT2D eigenvalue weighted by atomic mass is 16.4. The molecule has 10 amide bonds. The number of amides is 10. The Balaban J connectivity index is 1.26. The number of aromatic hydroxyl groups is 2. The van der Waals surface area contributed by atoms with Crippen molar-refractivity contribution < 1.29 is 83.1 Å². The number of aliphatic hydroxyl groups excluding tert-OH is 1. The van der Waals surface area contributed by atoms with Crippen LogP contribution in [0.1, 0.15) is 68.0 Å². The molecule has 4 aromatic carbocycles. The monoisotopic (exact) mass is 1310 g/mol. The highest BCUT2D eigenvalue weighted by Crippen LogP contribution is 2.21. The van der Waals surface area contributed by atoms with E-state index in [-0.39, 0.29) is 37.2 Å². The molecule has 0 radical (unpaired) electrons. The van der Waals surface area contributed by atoms with Crippen LogP contribution in [0.25, 0.3) is 10.9 Å². The van der Waals surface area contributed by atoms with E-state index in [2.05, 4.69) is 62.8 Å². The third-order valence-corrected chi connectivity index (χ3v) is 15.4. The molecule has 2 aromatic heterocycles. The van der Waals surface area contributed by atoms with Gasteiger partial charge in [0.15, 0.2) is 0 Å². The molecule has 0 bridgehead atoms. The molecule has 0 fully saturated rings. The van der Waals surface area contributed by atoms with Crippen molar-refractivity contribution in [1.29, 1.82) is 0 Å². The number of benzene rings is 4. The first-order valence-electron chi connectivity index (χ1n) is 30.2. The van der Waals surface area contributed by atoms with Gasteiger partial charge in [-0.15, -0.1) is 0 Å². The van der Waals surface area contributed by atoms with Crippen LogP contribution in [0.4, 0.5) is 0 Å². The van der Waals surface area contributed by atoms with Crippen molar-refractivity contribution in [2.45, 2.75) is 133 Å². The van der Waals surface area contributed by atoms with Crippen LogP contribution in [0.3, 0.4) is 0 Å². The summed E-state index contributed by atoms with van der Waals surface area (Å²) >= 11 is 0. The molecule has 0 saturated heterocycles. The number of rotatable bonds is 36. The predicted octanol–water partition coefficient (Wildman–Crippen LogP) is -2.00. The standard InChI is InChI=1S/C64H78N14O17/c1-4-33(2)54(62(92)76-50(64(94)95)26-39-31-67-32-69-39)77-61(91)47(25-38-30-68-43-13-9-8-12-42(38)43)73-57(87)45(24-37-16-20-41(81)21-17-37)71-59(89)49(28-53(84)85)75-63(93)55(34(3)79)78-60(90)46(22-35-10-6-5-7-11-35)72-58(88)48(27-51(66)82)74-56(86)44(70-52(83)29-65)23-36-14-18-40(80)19-15-36/h5-21,30-34,44-50,54-55,68,79-81H,4,22-29,65H2,1-3H3,(H2,66,82)(H,67,69)(H,70,83)(H,71,89)(H,72,88)(H,73,87)(H,74,86)(H,75,93)(H,76,92)(H,77,91)(H,78,90)(H,84,85)(H,94,95)/t33-,34+,44-,45-,46-,47-,48-,49-,50-,54-,55-/m0/s1. The van der Waals surface area contributed by atoms with Crippen LogP contribution in [-0.2, 0) is 89.6 Å². The SMILES string of the molecule is CC[C@H](C)[C@H](NC(=O)[C@H](Cc1c[nH]c2ccccc12)NC(=O)[C@H](Cc1ccc(O)cc1)NC(=O)[C@H](CC(=O)O)NC(=O)[C@@H](NC(=O)[C@H](Cc1ccccc1)NC(=O)[C@H](CC(N)=O)NC(=O)[C@H](Cc1ccc(O)cc1)NC(=O)CN)[C@@H](C)O)C(=O)N[C@@H](Cc1cnc[nH]1)C(=O)O. The lowest BCUT2D eigenvalue weighted by molar-refractivity contribution is -0.143. The molecule has 506 valence electrons. The van der Waals surface area contributed by atoms with E-state index in [9.17, 15) is 83.1 Å². The Bertz CT molecular complexity index is 3660. The number of nitrogens with two attached hydrogens (primary N) is 2. The van der Waals surface area contributed by atoms with E-state index in [0.29, 0.717) is 45.3 Å². The lowest BCUT2D eigenvalue weighted by Crippen LogP contribution is -2.63. The fraction of sp³-hybridized carbons (Fsp3) is 0.359. The zero-order chi connectivity index (χ0) is 69.5. The Hall–Kier alpha value is -11.2. The number of aromatic amines is 2. The molecule has 0 aliphatic heterocycles. The number of aliphatic carboxylic acids is 2. The molecule has 31 heteroatoms. The van der Waals surface area contributed by atoms with E-state index in [1.54, 1.807) is 74.6 Å². The van der Waals surface area contributed by atoms with E-state index in [4.69, 9.17) is 11.5 Å². The summed E-state index contributed by atoms with van der Waals surface area (Å²) in [6, 6.07) is 10.7. The fourth-order valence-corrected chi connectivity index (χ4v) is 10.0. The first-order valence-corrected chi connectivity index (χ1v) is 30.2. The molecular weight excluding hydrogens is 1240 g/mol. The number of hydrogen-bond donors (Lipinski definition) is 18. The minimum Gasteiger partial charge on any atom is -0.508 e. The first-order chi connectivity index (χ1) is 45.2. The van der Waals surface area contributed by atoms with Crippen molar-refractivity contribution in [3.8, 4) is 11.5 Å². The number of phenolic OH excluding ortho intramolecular Hbond substituents is 2. The second-order valence-corrected chi connectivity index (χ2v) is 22.7. The highest BCUT2D eigenvalue weighted by molar-refractivity contribution is 6.00. The second-order valence-electron chi connectivity index (χ2n) is 22.7. The molecule has 95 heavy (non-hydrogen) atoms. The summed E-state index contributed by atoms with van der Waals surface area (Å²) < 4.78 is 0. The number of H-pyrrole nitrogens is 2. The van der Waals surface area contributed by atoms with Gasteiger partial charge in [0, 0.05) is 61.1 Å². The molecule has 0 spiro atoms. The Labute approximate surface area is 543 Å². The summed E-state index contributed by atoms with van der Waals surface area (Å²) in [5.74, 6) is -14.7. The van der Waals surface area contributed by atoms with Crippen molar-refractivity contribution in [2.75, 3.05) is 6.54 Å². The summed E-state index contributed by atoms with van der Waals surface area (Å²) in [5, 5.41) is 74.0. The normalized spacial score (nSPS) is 14.6. The summed E-state index contributed by atoms with van der Waals surface area (Å²) in [5.41, 5.74) is 13.7. The molecule has 11 atom stereocenters. The summed E-state index contributed by atoms with van der Waals surface area (Å²) in [6.07, 6.45) is -0.623. The van der Waals surface area contributed by atoms with Crippen LogP contribution >= 0.6 is 0 Å². The first kappa shape index (κ1) is 72.8. The Kier molecular flexibility index (Phi) is 26.8. The van der Waals surface area contributed by atoms with Crippen LogP contribution < -0.4 is 59.3 Å². The van der Waals surface area contributed by atoms with Crippen LogP contribution in [0.2, 0.25) is 0 Å². The number of aliphatic hydroxyl groups is 1. The van der Waals surface area contributed by atoms with Gasteiger partial charge in [0.25, 0.3) is 0 Å². The lowest BCUT2D eigenvalue weighted by Gasteiger charge is -2.29. The van der Waals surface area contributed by atoms with Gasteiger partial charge in [-0.1, -0.05) is 93.1 Å².